The fraction of sp³-hybridized carbons (Fsp3) is 0. The zero-order valence-corrected chi connectivity index (χ0v) is 6.17. The normalized spacial score (nSPS) is 9.18. The molecule has 4 nitrogen and oxygen atoms in total. The number of hydrogen-bond donors (Lipinski definition) is 0. The highest BCUT2D eigenvalue weighted by Crippen LogP contribution is 2.04. The summed E-state index contributed by atoms with van der Waals surface area (Å²) in [6.45, 7) is 3.39. The highest BCUT2D eigenvalue weighted by Gasteiger charge is 2.11. The molecule has 0 saturated heterocycles. The smallest absolute Gasteiger partial charge is 0.378 e. The first-order chi connectivity index (χ1) is 5.27. The van der Waals surface area contributed by atoms with E-state index in [0.29, 0.717) is 0 Å². The molecule has 0 N–H and O–H groups in total. The highest BCUT2D eigenvalue weighted by atomic mass is 35.5. The molecule has 0 saturated carbocycles. The molecule has 0 fully saturated rings. The van der Waals surface area contributed by atoms with Crippen LogP contribution in [0.2, 0.25) is 0 Å². The Morgan fingerprint density at radius 2 is 2.64 bits per heavy atom. The lowest BCUT2D eigenvalue weighted by atomic mass is 10.5. The number of oxazole rings is 1. The molecular weight excluding hydrogens is 170 g/mol. The highest BCUT2D eigenvalue weighted by molar-refractivity contribution is 6.15. The van der Waals surface area contributed by atoms with Crippen LogP contribution in [-0.2, 0) is 4.29 Å². The molecule has 1 aromatic rings. The monoisotopic (exact) mass is 173 g/mol. The van der Waals surface area contributed by atoms with Crippen LogP contribution in [0.4, 0.5) is 0 Å². The largest absolute Gasteiger partial charge is 0.444 e. The van der Waals surface area contributed by atoms with Crippen molar-refractivity contribution in [2.24, 2.45) is 0 Å². The van der Waals surface area contributed by atoms with Crippen molar-refractivity contribution in [3.05, 3.63) is 24.4 Å². The van der Waals surface area contributed by atoms with Gasteiger partial charge in [-0.25, -0.2) is 9.78 Å². The Kier molecular flexibility index (Phi) is 2.28. The van der Waals surface area contributed by atoms with Gasteiger partial charge < -0.3 is 8.71 Å². The minimum absolute atomic E-state index is 0.0231. The van der Waals surface area contributed by atoms with Crippen molar-refractivity contribution >= 4 is 23.9 Å². The lowest BCUT2D eigenvalue weighted by Gasteiger charge is -1.84. The van der Waals surface area contributed by atoms with Crippen molar-refractivity contribution in [3.63, 3.8) is 0 Å². The molecule has 11 heavy (non-hydrogen) atoms. The van der Waals surface area contributed by atoms with Crippen molar-refractivity contribution in [2.75, 3.05) is 0 Å². The Morgan fingerprint density at radius 3 is 3.09 bits per heavy atom. The summed E-state index contributed by atoms with van der Waals surface area (Å²) in [6, 6.07) is 0. The van der Waals surface area contributed by atoms with Gasteiger partial charge in [0.25, 0.3) is 0 Å². The predicted octanol–water partition coefficient (Wildman–Crippen LogP) is 1.63. The first-order valence-corrected chi connectivity index (χ1v) is 2.99. The molecule has 58 valence electrons. The van der Waals surface area contributed by atoms with Gasteiger partial charge >= 0.3 is 5.97 Å². The summed E-state index contributed by atoms with van der Waals surface area (Å²) in [5.41, 5.74) is 0.0231. The van der Waals surface area contributed by atoms with Crippen molar-refractivity contribution in [2.45, 2.75) is 0 Å². The van der Waals surface area contributed by atoms with Crippen molar-refractivity contribution < 1.29 is 13.5 Å². The molecule has 0 radical (unpaired) electrons. The van der Waals surface area contributed by atoms with Gasteiger partial charge in [0.05, 0.1) is 0 Å². The quantitative estimate of drug-likeness (QED) is 0.682. The van der Waals surface area contributed by atoms with E-state index in [0.717, 1.165) is 6.26 Å². The number of aromatic nitrogens is 1. The fourth-order valence-electron chi connectivity index (χ4n) is 0.515. The van der Waals surface area contributed by atoms with Crippen LogP contribution in [0.25, 0.3) is 6.08 Å². The minimum atomic E-state index is -0.747. The molecule has 0 aliphatic rings. The standard InChI is InChI=1S/C6H4ClNO3/c1-2-5-8-4(3-10-5)6(9)11-7/h2-3H,1H2. The second-order valence-electron chi connectivity index (χ2n) is 1.64. The lowest BCUT2D eigenvalue weighted by molar-refractivity contribution is 0.0745. The Labute approximate surface area is 67.6 Å². The summed E-state index contributed by atoms with van der Waals surface area (Å²) in [4.78, 5) is 14.3. The SMILES string of the molecule is C=Cc1nc(C(=O)OCl)co1. The summed E-state index contributed by atoms with van der Waals surface area (Å²) in [7, 11) is 0. The predicted molar refractivity (Wildman–Crippen MR) is 37.9 cm³/mol. The van der Waals surface area contributed by atoms with Gasteiger partial charge in [-0.15, -0.1) is 0 Å². The Hall–Kier alpha value is -1.29. The summed E-state index contributed by atoms with van der Waals surface area (Å²) < 4.78 is 8.62. The van der Waals surface area contributed by atoms with Crippen molar-refractivity contribution in [3.8, 4) is 0 Å². The third-order valence-corrected chi connectivity index (χ3v) is 1.12. The number of halogens is 1. The van der Waals surface area contributed by atoms with E-state index in [1.54, 1.807) is 0 Å². The molecule has 1 rings (SSSR count). The zero-order valence-electron chi connectivity index (χ0n) is 5.41. The maximum absolute atomic E-state index is 10.6. The molecule has 1 aromatic heterocycles. The first kappa shape index (κ1) is 7.81. The van der Waals surface area contributed by atoms with Crippen LogP contribution in [-0.4, -0.2) is 11.0 Å². The number of rotatable bonds is 2. The molecule has 0 aliphatic carbocycles. The Balaban J connectivity index is 2.88. The van der Waals surface area contributed by atoms with Gasteiger partial charge in [-0.1, -0.05) is 6.58 Å². The first-order valence-electron chi connectivity index (χ1n) is 2.69. The van der Waals surface area contributed by atoms with E-state index in [9.17, 15) is 4.79 Å². The Bertz CT molecular complexity index is 281. The molecule has 0 atom stereocenters. The molecule has 0 aliphatic heterocycles. The Morgan fingerprint density at radius 1 is 1.91 bits per heavy atom. The minimum Gasteiger partial charge on any atom is -0.444 e. The topological polar surface area (TPSA) is 52.3 Å². The molecule has 5 heteroatoms. The lowest BCUT2D eigenvalue weighted by Crippen LogP contribution is -1.97. The van der Waals surface area contributed by atoms with Gasteiger partial charge in [-0.05, 0) is 6.08 Å². The van der Waals surface area contributed by atoms with Crippen LogP contribution in [0.3, 0.4) is 0 Å². The summed E-state index contributed by atoms with van der Waals surface area (Å²) in [5, 5.41) is 0. The van der Waals surface area contributed by atoms with Gasteiger partial charge in [0, 0.05) is 0 Å². The van der Waals surface area contributed by atoms with Crippen LogP contribution < -0.4 is 0 Å². The van der Waals surface area contributed by atoms with Crippen molar-refractivity contribution in [1.29, 1.82) is 0 Å². The van der Waals surface area contributed by atoms with Gasteiger partial charge in [0.1, 0.15) is 18.1 Å². The van der Waals surface area contributed by atoms with E-state index in [4.69, 9.17) is 16.3 Å². The fourth-order valence-corrected chi connectivity index (χ4v) is 0.594. The molecule has 0 aromatic carbocycles. The number of hydrogen-bond acceptors (Lipinski definition) is 4. The molecule has 0 bridgehead atoms. The van der Waals surface area contributed by atoms with E-state index >= 15 is 0 Å². The van der Waals surface area contributed by atoms with Crippen LogP contribution in [0.1, 0.15) is 16.4 Å². The van der Waals surface area contributed by atoms with Gasteiger partial charge in [-0.3, -0.25) is 0 Å². The number of carbonyl (C=O) groups is 1. The second kappa shape index (κ2) is 3.21. The number of nitrogens with zero attached hydrogens (tertiary/aromatic N) is 1. The van der Waals surface area contributed by atoms with Crippen molar-refractivity contribution in [1.82, 2.24) is 4.98 Å². The molecule has 0 amide bonds. The second-order valence-corrected chi connectivity index (χ2v) is 1.79. The van der Waals surface area contributed by atoms with E-state index in [1.165, 1.54) is 6.08 Å². The summed E-state index contributed by atoms with van der Waals surface area (Å²) >= 11 is 4.78. The van der Waals surface area contributed by atoms with Gasteiger partial charge in [0.2, 0.25) is 5.89 Å². The van der Waals surface area contributed by atoms with Crippen LogP contribution >= 0.6 is 11.9 Å². The molecular formula is C6H4ClNO3. The van der Waals surface area contributed by atoms with Crippen LogP contribution in [0, 0.1) is 0 Å². The zero-order chi connectivity index (χ0) is 8.27. The average molecular weight is 174 g/mol. The maximum atomic E-state index is 10.6. The summed E-state index contributed by atoms with van der Waals surface area (Å²) in [6.07, 6.45) is 2.51. The molecule has 0 spiro atoms. The average Bonchev–Trinajstić information content (AvgIpc) is 2.50. The van der Waals surface area contributed by atoms with Crippen LogP contribution in [0.5, 0.6) is 0 Å². The van der Waals surface area contributed by atoms with Crippen LogP contribution in [0.15, 0.2) is 17.3 Å². The van der Waals surface area contributed by atoms with E-state index in [-0.39, 0.29) is 11.6 Å². The van der Waals surface area contributed by atoms with Gasteiger partial charge in [-0.2, -0.15) is 0 Å². The molecule has 1 heterocycles. The van der Waals surface area contributed by atoms with E-state index in [1.807, 2.05) is 0 Å². The van der Waals surface area contributed by atoms with E-state index in [2.05, 4.69) is 15.9 Å². The van der Waals surface area contributed by atoms with E-state index < -0.39 is 5.97 Å². The third kappa shape index (κ3) is 1.59. The van der Waals surface area contributed by atoms with Gasteiger partial charge in [0.15, 0.2) is 5.69 Å². The summed E-state index contributed by atoms with van der Waals surface area (Å²) in [5.74, 6) is -0.495. The third-order valence-electron chi connectivity index (χ3n) is 0.976. The molecule has 0 unspecified atom stereocenters. The maximum Gasteiger partial charge on any atom is 0.378 e. The number of carbonyl (C=O) groups excluding carboxylic acids is 1.